The lowest BCUT2D eigenvalue weighted by molar-refractivity contribution is -0.140. The molecule has 1 aromatic rings. The van der Waals surface area contributed by atoms with E-state index < -0.39 is 11.4 Å². The lowest BCUT2D eigenvalue weighted by atomic mass is 10.0. The molecule has 1 saturated carbocycles. The first-order valence-corrected chi connectivity index (χ1v) is 4.05. The number of carboxylic acid groups (broad SMARTS) is 1. The van der Waals surface area contributed by atoms with E-state index in [1.165, 1.54) is 0 Å². The van der Waals surface area contributed by atoms with Gasteiger partial charge in [0.2, 0.25) is 0 Å². The van der Waals surface area contributed by atoms with Gasteiger partial charge < -0.3 is 5.11 Å². The average molecular weight is 163 g/mol. The number of hydrogen-bond donors (Lipinski definition) is 1. The Kier molecular flexibility index (Phi) is 1.43. The van der Waals surface area contributed by atoms with Gasteiger partial charge in [0, 0.05) is 0 Å². The minimum atomic E-state index is -0.686. The Bertz CT molecular complexity index is 299. The molecule has 2 rings (SSSR count). The predicted octanol–water partition coefficient (Wildman–Crippen LogP) is 1.80. The van der Waals surface area contributed by atoms with Crippen LogP contribution < -0.4 is 0 Å². The molecule has 0 unspecified atom stereocenters. The summed E-state index contributed by atoms with van der Waals surface area (Å²) in [6.07, 6.45) is 1.57. The molecule has 1 aliphatic rings. The fourth-order valence-electron chi connectivity index (χ4n) is 1.51. The predicted molar refractivity (Wildman–Crippen MR) is 45.0 cm³/mol. The van der Waals surface area contributed by atoms with Crippen molar-refractivity contribution in [3.63, 3.8) is 0 Å². The summed E-state index contributed by atoms with van der Waals surface area (Å²) in [6.45, 7) is 0. The first-order valence-electron chi connectivity index (χ1n) is 4.05. The molecular weight excluding hydrogens is 153 g/mol. The minimum Gasteiger partial charge on any atom is -0.481 e. The summed E-state index contributed by atoms with van der Waals surface area (Å²) in [5.41, 5.74) is 0.402. The fourth-order valence-corrected chi connectivity index (χ4v) is 1.51. The molecule has 62 valence electrons. The van der Waals surface area contributed by atoms with E-state index in [9.17, 15) is 4.79 Å². The number of carboxylic acids is 1. The molecule has 1 aliphatic carbocycles. The van der Waals surface area contributed by atoms with E-state index in [-0.39, 0.29) is 0 Å². The maximum absolute atomic E-state index is 10.9. The van der Waals surface area contributed by atoms with Crippen molar-refractivity contribution in [1.82, 2.24) is 0 Å². The van der Waals surface area contributed by atoms with Gasteiger partial charge in [0.1, 0.15) is 0 Å². The van der Waals surface area contributed by atoms with E-state index in [2.05, 4.69) is 0 Å². The molecule has 0 atom stereocenters. The Balaban J connectivity index is 2.37. The monoisotopic (exact) mass is 163 g/mol. The zero-order chi connectivity index (χ0) is 8.60. The second kappa shape index (κ2) is 2.34. The molecule has 0 aliphatic heterocycles. The van der Waals surface area contributed by atoms with Gasteiger partial charge in [-0.2, -0.15) is 0 Å². The van der Waals surface area contributed by atoms with Crippen LogP contribution in [-0.2, 0) is 10.2 Å². The van der Waals surface area contributed by atoms with Crippen LogP contribution in [0.1, 0.15) is 18.4 Å². The molecule has 0 heterocycles. The van der Waals surface area contributed by atoms with Crippen LogP contribution in [0.15, 0.2) is 30.3 Å². The average Bonchev–Trinajstić information content (AvgIpc) is 2.86. The van der Waals surface area contributed by atoms with Crippen LogP contribution in [-0.4, -0.2) is 11.1 Å². The molecule has 2 heteroatoms. The van der Waals surface area contributed by atoms with Crippen molar-refractivity contribution in [3.05, 3.63) is 35.9 Å². The quantitative estimate of drug-likeness (QED) is 0.675. The van der Waals surface area contributed by atoms with E-state index in [1.807, 2.05) is 30.3 Å². The van der Waals surface area contributed by atoms with Crippen LogP contribution >= 0.6 is 0 Å². The summed E-state index contributed by atoms with van der Waals surface area (Å²) in [7, 11) is 0. The van der Waals surface area contributed by atoms with Gasteiger partial charge >= 0.3 is 5.97 Å². The van der Waals surface area contributed by atoms with Gasteiger partial charge in [-0.3, -0.25) is 4.79 Å². The van der Waals surface area contributed by atoms with Crippen LogP contribution in [0.4, 0.5) is 0 Å². The van der Waals surface area contributed by atoms with Crippen LogP contribution in [0.5, 0.6) is 0 Å². The molecule has 0 spiro atoms. The fraction of sp³-hybridized carbons (Fsp3) is 0.300. The summed E-state index contributed by atoms with van der Waals surface area (Å²) < 4.78 is 0. The number of rotatable bonds is 2. The van der Waals surface area contributed by atoms with E-state index in [4.69, 9.17) is 5.11 Å². The standard InChI is InChI=1S/C10H10O2/c11-9(12)10(6-7-10)8-4-2-1-3-5-8/h1-5H,6-7H2,(H,11,12)/i9+1. The molecule has 0 aromatic heterocycles. The van der Waals surface area contributed by atoms with Crippen molar-refractivity contribution in [2.24, 2.45) is 0 Å². The summed E-state index contributed by atoms with van der Waals surface area (Å²) in [5.74, 6) is -0.686. The summed E-state index contributed by atoms with van der Waals surface area (Å²) in [5, 5.41) is 8.96. The minimum absolute atomic E-state index is 0.540. The van der Waals surface area contributed by atoms with Crippen molar-refractivity contribution >= 4 is 5.97 Å². The summed E-state index contributed by atoms with van der Waals surface area (Å²) >= 11 is 0. The Labute approximate surface area is 70.8 Å². The van der Waals surface area contributed by atoms with Crippen molar-refractivity contribution in [1.29, 1.82) is 0 Å². The normalized spacial score (nSPS) is 18.7. The van der Waals surface area contributed by atoms with Crippen LogP contribution in [0, 0.1) is 0 Å². The molecule has 0 saturated heterocycles. The second-order valence-electron chi connectivity index (χ2n) is 3.25. The molecule has 1 N–H and O–H groups in total. The van der Waals surface area contributed by atoms with Gasteiger partial charge in [-0.15, -0.1) is 0 Å². The van der Waals surface area contributed by atoms with Gasteiger partial charge in [-0.05, 0) is 18.4 Å². The molecule has 1 aromatic carbocycles. The molecule has 0 radical (unpaired) electrons. The van der Waals surface area contributed by atoms with Crippen LogP contribution in [0.2, 0.25) is 0 Å². The molecule has 1 fully saturated rings. The van der Waals surface area contributed by atoms with Gasteiger partial charge in [-0.25, -0.2) is 0 Å². The van der Waals surface area contributed by atoms with Crippen molar-refractivity contribution < 1.29 is 9.90 Å². The smallest absolute Gasteiger partial charge is 0.314 e. The molecular formula is C10H10O2. The van der Waals surface area contributed by atoms with E-state index in [0.29, 0.717) is 0 Å². The van der Waals surface area contributed by atoms with Gasteiger partial charge in [0.25, 0.3) is 0 Å². The summed E-state index contributed by atoms with van der Waals surface area (Å²) in [4.78, 5) is 10.9. The van der Waals surface area contributed by atoms with Gasteiger partial charge in [0.15, 0.2) is 0 Å². The summed E-state index contributed by atoms with van der Waals surface area (Å²) in [6, 6.07) is 9.46. The van der Waals surface area contributed by atoms with E-state index in [1.54, 1.807) is 0 Å². The molecule has 2 nitrogen and oxygen atoms in total. The van der Waals surface area contributed by atoms with E-state index in [0.717, 1.165) is 18.4 Å². The SMILES string of the molecule is O=[13C](O)C1(c2ccccc2)CC1. The van der Waals surface area contributed by atoms with Gasteiger partial charge in [0.05, 0.1) is 5.41 Å². The number of benzene rings is 1. The lowest BCUT2D eigenvalue weighted by Crippen LogP contribution is -2.19. The first-order chi connectivity index (χ1) is 5.76. The Morgan fingerprint density at radius 1 is 1.25 bits per heavy atom. The molecule has 0 bridgehead atoms. The number of carbonyl (C=O) groups is 1. The van der Waals surface area contributed by atoms with Crippen molar-refractivity contribution in [2.75, 3.05) is 0 Å². The highest BCUT2D eigenvalue weighted by Crippen LogP contribution is 2.48. The third-order valence-corrected chi connectivity index (χ3v) is 2.49. The second-order valence-corrected chi connectivity index (χ2v) is 3.25. The third kappa shape index (κ3) is 0.916. The molecule has 12 heavy (non-hydrogen) atoms. The van der Waals surface area contributed by atoms with Gasteiger partial charge in [-0.1, -0.05) is 30.3 Å². The number of aliphatic carboxylic acids is 1. The maximum atomic E-state index is 10.9. The Hall–Kier alpha value is -1.31. The Morgan fingerprint density at radius 3 is 2.25 bits per heavy atom. The molecule has 0 amide bonds. The Morgan fingerprint density at radius 2 is 1.83 bits per heavy atom. The highest BCUT2D eigenvalue weighted by Gasteiger charge is 2.51. The zero-order valence-electron chi connectivity index (χ0n) is 6.66. The zero-order valence-corrected chi connectivity index (χ0v) is 6.66. The van der Waals surface area contributed by atoms with Crippen molar-refractivity contribution in [3.8, 4) is 0 Å². The number of hydrogen-bond acceptors (Lipinski definition) is 1. The first kappa shape index (κ1) is 7.35. The van der Waals surface area contributed by atoms with Crippen molar-refractivity contribution in [2.45, 2.75) is 18.3 Å². The van der Waals surface area contributed by atoms with E-state index >= 15 is 0 Å². The maximum Gasteiger partial charge on any atom is 0.314 e. The van der Waals surface area contributed by atoms with Crippen LogP contribution in [0.25, 0.3) is 0 Å². The highest BCUT2D eigenvalue weighted by atomic mass is 16.5. The lowest BCUT2D eigenvalue weighted by Gasteiger charge is -2.08. The topological polar surface area (TPSA) is 37.3 Å². The van der Waals surface area contributed by atoms with Crippen LogP contribution in [0.3, 0.4) is 0 Å². The third-order valence-electron chi connectivity index (χ3n) is 2.49. The highest BCUT2D eigenvalue weighted by molar-refractivity contribution is 5.84. The largest absolute Gasteiger partial charge is 0.481 e.